The molecule has 0 bridgehead atoms. The third-order valence-electron chi connectivity index (χ3n) is 4.08. The molecule has 26 heavy (non-hydrogen) atoms. The van der Waals surface area contributed by atoms with Gasteiger partial charge < -0.3 is 4.74 Å². The monoisotopic (exact) mass is 428 g/mol. The third kappa shape index (κ3) is 4.17. The van der Waals surface area contributed by atoms with Gasteiger partial charge >= 0.3 is 5.97 Å². The van der Waals surface area contributed by atoms with Crippen LogP contribution in [0.2, 0.25) is 0 Å². The Hall–Kier alpha value is -2.09. The summed E-state index contributed by atoms with van der Waals surface area (Å²) in [5.41, 5.74) is 0. The van der Waals surface area contributed by atoms with Gasteiger partial charge in [0.15, 0.2) is 0 Å². The summed E-state index contributed by atoms with van der Waals surface area (Å²) in [5, 5.41) is 3.42. The molecular formula is C22H22BrO2P. The Balaban J connectivity index is 0.00000243. The number of halogens is 1. The molecule has 0 saturated heterocycles. The van der Waals surface area contributed by atoms with E-state index in [4.69, 9.17) is 4.74 Å². The molecule has 4 heteroatoms. The second kappa shape index (κ2) is 9.56. The normalized spacial score (nSPS) is 10.5. The zero-order chi connectivity index (χ0) is 17.5. The Morgan fingerprint density at radius 1 is 0.769 bits per heavy atom. The molecule has 3 aromatic carbocycles. The van der Waals surface area contributed by atoms with E-state index in [1.165, 1.54) is 0 Å². The van der Waals surface area contributed by atoms with E-state index in [-0.39, 0.29) is 23.0 Å². The molecule has 0 saturated carbocycles. The Morgan fingerprint density at radius 3 is 1.42 bits per heavy atom. The predicted molar refractivity (Wildman–Crippen MR) is 118 cm³/mol. The van der Waals surface area contributed by atoms with E-state index < -0.39 is 6.89 Å². The van der Waals surface area contributed by atoms with Crippen LogP contribution in [0.15, 0.2) is 91.0 Å². The molecule has 0 aliphatic rings. The van der Waals surface area contributed by atoms with Gasteiger partial charge in [-0.25, -0.2) is 4.79 Å². The standard InChI is InChI=1S/C22H21O2P.BrH/c1-2-24-22(23)18-25(19-12-6-3-7-13-19,20-14-8-4-9-15-20)21-16-10-5-11-17-21;/h3-18H,2H2,1H3;1H. The van der Waals surface area contributed by atoms with Crippen LogP contribution in [0.1, 0.15) is 6.92 Å². The van der Waals surface area contributed by atoms with Gasteiger partial charge in [-0.3, -0.25) is 0 Å². The van der Waals surface area contributed by atoms with Gasteiger partial charge in [-0.2, -0.15) is 0 Å². The van der Waals surface area contributed by atoms with Crippen LogP contribution in [0.25, 0.3) is 0 Å². The molecule has 0 aliphatic heterocycles. The van der Waals surface area contributed by atoms with Crippen LogP contribution in [0.4, 0.5) is 0 Å². The Labute approximate surface area is 165 Å². The van der Waals surface area contributed by atoms with Crippen molar-refractivity contribution in [2.24, 2.45) is 0 Å². The molecule has 134 valence electrons. The number of rotatable bonds is 5. The first-order valence-corrected chi connectivity index (χ1v) is 10.2. The molecule has 0 heterocycles. The van der Waals surface area contributed by atoms with E-state index in [1.54, 1.807) is 5.80 Å². The first-order valence-electron chi connectivity index (χ1n) is 8.35. The largest absolute Gasteiger partial charge is 0.463 e. The summed E-state index contributed by atoms with van der Waals surface area (Å²) in [6, 6.07) is 30.7. The minimum absolute atomic E-state index is 0. The van der Waals surface area contributed by atoms with Gasteiger partial charge in [0.25, 0.3) is 0 Å². The third-order valence-corrected chi connectivity index (χ3v) is 8.01. The van der Waals surface area contributed by atoms with E-state index in [0.29, 0.717) is 6.61 Å². The molecule has 0 amide bonds. The summed E-state index contributed by atoms with van der Waals surface area (Å²) in [6.07, 6.45) is 0. The van der Waals surface area contributed by atoms with Crippen LogP contribution in [-0.2, 0) is 9.53 Å². The average Bonchev–Trinajstić information content (AvgIpc) is 2.68. The van der Waals surface area contributed by atoms with Crippen molar-refractivity contribution in [1.29, 1.82) is 0 Å². The highest BCUT2D eigenvalue weighted by molar-refractivity contribution is 8.93. The topological polar surface area (TPSA) is 26.3 Å². The maximum absolute atomic E-state index is 12.5. The Morgan fingerprint density at radius 2 is 1.12 bits per heavy atom. The molecule has 0 unspecified atom stereocenters. The molecule has 3 rings (SSSR count). The quantitative estimate of drug-likeness (QED) is 0.454. The molecule has 0 radical (unpaired) electrons. The number of hydrogen-bond acceptors (Lipinski definition) is 2. The molecule has 0 fully saturated rings. The van der Waals surface area contributed by atoms with Crippen LogP contribution >= 0.6 is 23.9 Å². The highest BCUT2D eigenvalue weighted by Gasteiger charge is 2.26. The fourth-order valence-corrected chi connectivity index (χ4v) is 6.66. The van der Waals surface area contributed by atoms with Gasteiger partial charge in [0, 0.05) is 5.80 Å². The molecular weight excluding hydrogens is 407 g/mol. The predicted octanol–water partition coefficient (Wildman–Crippen LogP) is 3.92. The fraction of sp³-hybridized carbons (Fsp3) is 0.0909. The lowest BCUT2D eigenvalue weighted by molar-refractivity contribution is -0.134. The lowest BCUT2D eigenvalue weighted by Crippen LogP contribution is -2.29. The summed E-state index contributed by atoms with van der Waals surface area (Å²) >= 11 is 0. The van der Waals surface area contributed by atoms with Gasteiger partial charge in [0.05, 0.1) is 6.61 Å². The highest BCUT2D eigenvalue weighted by atomic mass is 79.9. The van der Waals surface area contributed by atoms with E-state index >= 15 is 0 Å². The van der Waals surface area contributed by atoms with Crippen LogP contribution in [0.3, 0.4) is 0 Å². The molecule has 2 nitrogen and oxygen atoms in total. The lowest BCUT2D eigenvalue weighted by Gasteiger charge is -2.28. The maximum atomic E-state index is 12.5. The minimum atomic E-state index is -2.24. The van der Waals surface area contributed by atoms with Crippen molar-refractivity contribution in [3.05, 3.63) is 91.0 Å². The van der Waals surface area contributed by atoms with Crippen molar-refractivity contribution in [1.82, 2.24) is 0 Å². The highest BCUT2D eigenvalue weighted by Crippen LogP contribution is 2.43. The summed E-state index contributed by atoms with van der Waals surface area (Å²) in [6.45, 7) is -0.0371. The smallest absolute Gasteiger partial charge is 0.331 e. The van der Waals surface area contributed by atoms with Crippen molar-refractivity contribution in [3.63, 3.8) is 0 Å². The number of carbonyl (C=O) groups excluding carboxylic acids is 1. The number of ether oxygens (including phenoxy) is 1. The second-order valence-corrected chi connectivity index (χ2v) is 8.86. The molecule has 0 N–H and O–H groups in total. The summed E-state index contributed by atoms with van der Waals surface area (Å²) < 4.78 is 5.30. The Kier molecular flexibility index (Phi) is 7.44. The van der Waals surface area contributed by atoms with E-state index in [2.05, 4.69) is 36.4 Å². The Bertz CT molecular complexity index is 774. The molecule has 3 aromatic rings. The SMILES string of the molecule is Br.CCOC(=O)C=P(c1ccccc1)(c1ccccc1)c1ccccc1. The lowest BCUT2D eigenvalue weighted by atomic mass is 10.4. The first-order chi connectivity index (χ1) is 12.3. The number of esters is 1. The number of hydrogen-bond donors (Lipinski definition) is 0. The van der Waals surface area contributed by atoms with Gasteiger partial charge in [0.2, 0.25) is 0 Å². The van der Waals surface area contributed by atoms with Crippen molar-refractivity contribution in [3.8, 4) is 0 Å². The zero-order valence-electron chi connectivity index (χ0n) is 14.6. The fourth-order valence-electron chi connectivity index (χ4n) is 3.00. The van der Waals surface area contributed by atoms with Crippen molar-refractivity contribution >= 4 is 51.5 Å². The molecule has 0 aromatic heterocycles. The minimum Gasteiger partial charge on any atom is -0.463 e. The van der Waals surface area contributed by atoms with Crippen molar-refractivity contribution in [2.45, 2.75) is 6.92 Å². The summed E-state index contributed by atoms with van der Waals surface area (Å²) in [5.74, 6) is 1.53. The van der Waals surface area contributed by atoms with Crippen molar-refractivity contribution < 1.29 is 9.53 Å². The average molecular weight is 429 g/mol. The van der Waals surface area contributed by atoms with Crippen LogP contribution in [0, 0.1) is 0 Å². The van der Waals surface area contributed by atoms with Crippen LogP contribution < -0.4 is 15.9 Å². The number of carbonyl (C=O) groups is 1. The zero-order valence-corrected chi connectivity index (χ0v) is 17.2. The molecule has 0 aliphatic carbocycles. The first kappa shape index (κ1) is 20.2. The van der Waals surface area contributed by atoms with E-state index in [0.717, 1.165) is 15.9 Å². The van der Waals surface area contributed by atoms with E-state index in [9.17, 15) is 4.79 Å². The van der Waals surface area contributed by atoms with Crippen LogP contribution in [-0.4, -0.2) is 18.4 Å². The van der Waals surface area contributed by atoms with Crippen LogP contribution in [0.5, 0.6) is 0 Å². The maximum Gasteiger partial charge on any atom is 0.331 e. The van der Waals surface area contributed by atoms with Gasteiger partial charge in [-0.15, -0.1) is 17.0 Å². The summed E-state index contributed by atoms with van der Waals surface area (Å²) in [4.78, 5) is 12.5. The number of benzene rings is 3. The second-order valence-electron chi connectivity index (χ2n) is 5.61. The van der Waals surface area contributed by atoms with Gasteiger partial charge in [-0.1, -0.05) is 91.0 Å². The van der Waals surface area contributed by atoms with Crippen molar-refractivity contribution in [2.75, 3.05) is 6.61 Å². The van der Waals surface area contributed by atoms with Gasteiger partial charge in [-0.05, 0) is 29.7 Å². The molecule has 0 spiro atoms. The molecule has 0 atom stereocenters. The van der Waals surface area contributed by atoms with E-state index in [1.807, 2.05) is 61.5 Å². The van der Waals surface area contributed by atoms with Gasteiger partial charge in [0.1, 0.15) is 0 Å². The summed E-state index contributed by atoms with van der Waals surface area (Å²) in [7, 11) is 0.